The second-order valence-electron chi connectivity index (χ2n) is 7.54. The van der Waals surface area contributed by atoms with Crippen LogP contribution in [0.1, 0.15) is 19.4 Å². The number of carbonyl (C=O) groups is 1. The van der Waals surface area contributed by atoms with Crippen LogP contribution in [0.15, 0.2) is 18.2 Å². The quantitative estimate of drug-likeness (QED) is 0.912. The molecule has 132 valence electrons. The highest BCUT2D eigenvalue weighted by Crippen LogP contribution is 2.43. The Morgan fingerprint density at radius 3 is 2.46 bits per heavy atom. The predicted octanol–water partition coefficient (Wildman–Crippen LogP) is 1.87. The lowest BCUT2D eigenvalue weighted by molar-refractivity contribution is -0.134. The molecule has 2 atom stereocenters. The van der Waals surface area contributed by atoms with Crippen LogP contribution in [0.5, 0.6) is 0 Å². The van der Waals surface area contributed by atoms with Gasteiger partial charge in [0.2, 0.25) is 5.91 Å². The molecular weight excluding hydrogens is 314 g/mol. The number of aliphatic hydroxyl groups excluding tert-OH is 1. The summed E-state index contributed by atoms with van der Waals surface area (Å²) in [4.78, 5) is 16.2. The molecular formula is C18H24F2N2O2. The fraction of sp³-hybridized carbons (Fsp3) is 0.611. The SMILES string of the molecule is CC(C)C(=O)N1C[C@@H]2CN(Cc3cc(F)cc(F)c3)C[C@]2(CO)C1. The van der Waals surface area contributed by atoms with Gasteiger partial charge in [0, 0.05) is 50.1 Å². The van der Waals surface area contributed by atoms with Crippen molar-refractivity contribution in [1.29, 1.82) is 0 Å². The predicted molar refractivity (Wildman–Crippen MR) is 86.1 cm³/mol. The van der Waals surface area contributed by atoms with Crippen molar-refractivity contribution < 1.29 is 18.7 Å². The van der Waals surface area contributed by atoms with Crippen LogP contribution < -0.4 is 0 Å². The van der Waals surface area contributed by atoms with Crippen LogP contribution in [0.25, 0.3) is 0 Å². The fourth-order valence-electron chi connectivity index (χ4n) is 4.13. The molecule has 0 radical (unpaired) electrons. The van der Waals surface area contributed by atoms with Gasteiger partial charge in [0.25, 0.3) is 0 Å². The summed E-state index contributed by atoms with van der Waals surface area (Å²) in [5.74, 6) is -0.879. The number of hydrogen-bond donors (Lipinski definition) is 1. The molecule has 0 bridgehead atoms. The molecule has 2 heterocycles. The van der Waals surface area contributed by atoms with E-state index in [-0.39, 0.29) is 29.8 Å². The Morgan fingerprint density at radius 1 is 1.25 bits per heavy atom. The summed E-state index contributed by atoms with van der Waals surface area (Å²) in [5.41, 5.74) is 0.270. The van der Waals surface area contributed by atoms with Crippen molar-refractivity contribution in [2.45, 2.75) is 20.4 Å². The lowest BCUT2D eigenvalue weighted by Gasteiger charge is -2.28. The second-order valence-corrected chi connectivity index (χ2v) is 7.54. The van der Waals surface area contributed by atoms with E-state index >= 15 is 0 Å². The van der Waals surface area contributed by atoms with E-state index in [2.05, 4.69) is 4.90 Å². The minimum absolute atomic E-state index is 0.0214. The molecule has 0 aliphatic carbocycles. The van der Waals surface area contributed by atoms with Crippen molar-refractivity contribution >= 4 is 5.91 Å². The Labute approximate surface area is 141 Å². The molecule has 0 saturated carbocycles. The van der Waals surface area contributed by atoms with Gasteiger partial charge in [0.1, 0.15) is 11.6 Å². The standard InChI is InChI=1S/C18H24F2N2O2/c1-12(2)17(24)22-8-14-7-21(9-18(14,10-22)11-23)6-13-3-15(19)5-16(20)4-13/h3-5,12,14,23H,6-11H2,1-2H3/t14-,18+/m0/s1. The lowest BCUT2D eigenvalue weighted by Crippen LogP contribution is -2.40. The van der Waals surface area contributed by atoms with E-state index in [4.69, 9.17) is 0 Å². The molecule has 1 amide bonds. The number of amides is 1. The molecule has 2 aliphatic rings. The number of benzene rings is 1. The van der Waals surface area contributed by atoms with Crippen LogP contribution in [-0.2, 0) is 11.3 Å². The zero-order chi connectivity index (χ0) is 17.5. The van der Waals surface area contributed by atoms with Crippen molar-refractivity contribution in [3.63, 3.8) is 0 Å². The van der Waals surface area contributed by atoms with Gasteiger partial charge in [-0.2, -0.15) is 0 Å². The maximum Gasteiger partial charge on any atom is 0.225 e. The monoisotopic (exact) mass is 338 g/mol. The maximum absolute atomic E-state index is 13.3. The van der Waals surface area contributed by atoms with Crippen LogP contribution in [0.3, 0.4) is 0 Å². The van der Waals surface area contributed by atoms with E-state index in [1.165, 1.54) is 12.1 Å². The highest BCUT2D eigenvalue weighted by molar-refractivity contribution is 5.78. The molecule has 0 spiro atoms. The molecule has 1 N–H and O–H groups in total. The van der Waals surface area contributed by atoms with Crippen molar-refractivity contribution in [1.82, 2.24) is 9.80 Å². The fourth-order valence-corrected chi connectivity index (χ4v) is 4.13. The molecule has 24 heavy (non-hydrogen) atoms. The normalized spacial score (nSPS) is 27.1. The number of likely N-dealkylation sites (tertiary alicyclic amines) is 2. The zero-order valence-corrected chi connectivity index (χ0v) is 14.1. The number of fused-ring (bicyclic) bond motifs is 1. The number of hydrogen-bond acceptors (Lipinski definition) is 3. The maximum atomic E-state index is 13.3. The number of carbonyl (C=O) groups excluding carboxylic acids is 1. The summed E-state index contributed by atoms with van der Waals surface area (Å²) in [6, 6.07) is 3.56. The zero-order valence-electron chi connectivity index (χ0n) is 14.1. The Balaban J connectivity index is 1.69. The van der Waals surface area contributed by atoms with Crippen LogP contribution in [0.2, 0.25) is 0 Å². The van der Waals surface area contributed by atoms with Gasteiger partial charge >= 0.3 is 0 Å². The van der Waals surface area contributed by atoms with E-state index in [9.17, 15) is 18.7 Å². The summed E-state index contributed by atoms with van der Waals surface area (Å²) >= 11 is 0. The molecule has 1 aromatic carbocycles. The molecule has 2 saturated heterocycles. The Morgan fingerprint density at radius 2 is 1.92 bits per heavy atom. The minimum Gasteiger partial charge on any atom is -0.396 e. The van der Waals surface area contributed by atoms with Gasteiger partial charge in [-0.05, 0) is 23.6 Å². The van der Waals surface area contributed by atoms with Gasteiger partial charge < -0.3 is 10.0 Å². The minimum atomic E-state index is -0.574. The van der Waals surface area contributed by atoms with E-state index in [1.54, 1.807) is 0 Å². The highest BCUT2D eigenvalue weighted by Gasteiger charge is 2.53. The smallest absolute Gasteiger partial charge is 0.225 e. The second kappa shape index (κ2) is 6.41. The largest absolute Gasteiger partial charge is 0.396 e. The molecule has 1 aromatic rings. The van der Waals surface area contributed by atoms with E-state index in [1.807, 2.05) is 18.7 Å². The number of halogens is 2. The van der Waals surface area contributed by atoms with Gasteiger partial charge in [-0.1, -0.05) is 13.8 Å². The third-order valence-corrected chi connectivity index (χ3v) is 5.28. The summed E-state index contributed by atoms with van der Waals surface area (Å²) < 4.78 is 26.7. The van der Waals surface area contributed by atoms with Gasteiger partial charge in [-0.25, -0.2) is 8.78 Å². The van der Waals surface area contributed by atoms with Crippen molar-refractivity contribution in [3.05, 3.63) is 35.4 Å². The van der Waals surface area contributed by atoms with Crippen molar-refractivity contribution in [3.8, 4) is 0 Å². The van der Waals surface area contributed by atoms with Gasteiger partial charge in [-0.3, -0.25) is 9.69 Å². The third-order valence-electron chi connectivity index (χ3n) is 5.28. The molecule has 2 aliphatic heterocycles. The van der Waals surface area contributed by atoms with Crippen LogP contribution in [0.4, 0.5) is 8.78 Å². The molecule has 0 unspecified atom stereocenters. The topological polar surface area (TPSA) is 43.8 Å². The highest BCUT2D eigenvalue weighted by atomic mass is 19.1. The first kappa shape index (κ1) is 17.3. The van der Waals surface area contributed by atoms with Crippen molar-refractivity contribution in [2.75, 3.05) is 32.8 Å². The molecule has 2 fully saturated rings. The number of rotatable bonds is 4. The van der Waals surface area contributed by atoms with E-state index < -0.39 is 11.6 Å². The number of aliphatic hydroxyl groups is 1. The van der Waals surface area contributed by atoms with Gasteiger partial charge in [0.05, 0.1) is 6.61 Å². The third kappa shape index (κ3) is 3.17. The first-order chi connectivity index (χ1) is 11.3. The summed E-state index contributed by atoms with van der Waals surface area (Å²) in [5, 5.41) is 9.95. The van der Waals surface area contributed by atoms with Crippen LogP contribution >= 0.6 is 0 Å². The van der Waals surface area contributed by atoms with Crippen LogP contribution in [0, 0.1) is 28.9 Å². The molecule has 3 rings (SSSR count). The average Bonchev–Trinajstić information content (AvgIpc) is 2.99. The molecule has 6 heteroatoms. The summed E-state index contributed by atoms with van der Waals surface area (Å²) in [6.45, 7) is 6.79. The first-order valence-electron chi connectivity index (χ1n) is 8.40. The first-order valence-corrected chi connectivity index (χ1v) is 8.40. The van der Waals surface area contributed by atoms with Gasteiger partial charge in [-0.15, -0.1) is 0 Å². The van der Waals surface area contributed by atoms with E-state index in [0.717, 1.165) is 12.6 Å². The van der Waals surface area contributed by atoms with Gasteiger partial charge in [0.15, 0.2) is 0 Å². The summed E-state index contributed by atoms with van der Waals surface area (Å²) in [7, 11) is 0. The Hall–Kier alpha value is -1.53. The van der Waals surface area contributed by atoms with Crippen LogP contribution in [-0.4, -0.2) is 53.6 Å². The average molecular weight is 338 g/mol. The summed E-state index contributed by atoms with van der Waals surface area (Å²) in [6.07, 6.45) is 0. The molecule has 4 nitrogen and oxygen atoms in total. The number of nitrogens with zero attached hydrogens (tertiary/aromatic N) is 2. The molecule has 0 aromatic heterocycles. The lowest BCUT2D eigenvalue weighted by atomic mass is 9.82. The Bertz CT molecular complexity index is 617. The van der Waals surface area contributed by atoms with Crippen molar-refractivity contribution in [2.24, 2.45) is 17.3 Å². The van der Waals surface area contributed by atoms with E-state index in [0.29, 0.717) is 31.7 Å². The Kier molecular flexibility index (Phi) is 4.62.